The van der Waals surface area contributed by atoms with Gasteiger partial charge in [0.05, 0.1) is 6.54 Å². The normalized spacial score (nSPS) is 17.4. The summed E-state index contributed by atoms with van der Waals surface area (Å²) in [5.41, 5.74) is 0. The first kappa shape index (κ1) is 5.56. The summed E-state index contributed by atoms with van der Waals surface area (Å²) in [5.74, 6) is 0. The fraction of sp³-hybridized carbons (Fsp3) is 0.500. The van der Waals surface area contributed by atoms with E-state index in [0.29, 0.717) is 13.2 Å². The lowest BCUT2D eigenvalue weighted by Crippen LogP contribution is -2.22. The molecule has 44 valence electrons. The van der Waals surface area contributed by atoms with Crippen LogP contribution in [0.4, 0.5) is 4.79 Å². The van der Waals surface area contributed by atoms with Crippen LogP contribution in [0.1, 0.15) is 0 Å². The molecule has 0 bridgehead atoms. The van der Waals surface area contributed by atoms with Gasteiger partial charge in [0.1, 0.15) is 6.67 Å². The molecule has 0 N–H and O–H groups in total. The number of hydrogen-bond donors (Lipinski definition) is 0. The fourth-order valence-electron chi connectivity index (χ4n) is 0.498. The second-order valence-corrected chi connectivity index (χ2v) is 1.81. The molecule has 0 saturated heterocycles. The molecule has 0 aliphatic carbocycles. The van der Waals surface area contributed by atoms with Crippen molar-refractivity contribution in [3.05, 3.63) is 0 Å². The van der Waals surface area contributed by atoms with Gasteiger partial charge in [-0.1, -0.05) is 0 Å². The average Bonchev–Trinajstić information content (AvgIpc) is 2.12. The zero-order valence-corrected chi connectivity index (χ0v) is 4.93. The Balaban J connectivity index is 2.41. The van der Waals surface area contributed by atoms with E-state index in [1.165, 1.54) is 4.90 Å². The van der Waals surface area contributed by atoms with Crippen LogP contribution in [0.2, 0.25) is 0 Å². The number of amides is 1. The van der Waals surface area contributed by atoms with Crippen LogP contribution >= 0.6 is 11.6 Å². The van der Waals surface area contributed by atoms with Crippen LogP contribution in [0.3, 0.4) is 0 Å². The fourth-order valence-corrected chi connectivity index (χ4v) is 0.620. The molecule has 3 nitrogen and oxygen atoms in total. The molecule has 1 heterocycles. The van der Waals surface area contributed by atoms with Gasteiger partial charge in [0, 0.05) is 6.21 Å². The molecule has 0 unspecified atom stereocenters. The lowest BCUT2D eigenvalue weighted by Gasteiger charge is -2.06. The van der Waals surface area contributed by atoms with Crippen LogP contribution in [0.5, 0.6) is 0 Å². The van der Waals surface area contributed by atoms with Crippen LogP contribution in [-0.2, 0) is 0 Å². The molecule has 0 atom stereocenters. The summed E-state index contributed by atoms with van der Waals surface area (Å²) in [6, 6.07) is 0. The Morgan fingerprint density at radius 1 is 1.88 bits per heavy atom. The second kappa shape index (κ2) is 2.13. The van der Waals surface area contributed by atoms with Crippen molar-refractivity contribution in [3.8, 4) is 0 Å². The predicted octanol–water partition coefficient (Wildman–Crippen LogP) is 0.689. The van der Waals surface area contributed by atoms with Crippen LogP contribution in [-0.4, -0.2) is 29.7 Å². The van der Waals surface area contributed by atoms with Crippen molar-refractivity contribution in [1.82, 2.24) is 4.90 Å². The molecule has 0 radical (unpaired) electrons. The second-order valence-electron chi connectivity index (χ2n) is 1.48. The van der Waals surface area contributed by atoms with E-state index in [2.05, 4.69) is 4.99 Å². The van der Waals surface area contributed by atoms with Crippen molar-refractivity contribution in [1.29, 1.82) is 0 Å². The highest BCUT2D eigenvalue weighted by Gasteiger charge is 2.10. The molecule has 1 amide bonds. The number of hydrogen-bond acceptors (Lipinski definition) is 2. The van der Waals surface area contributed by atoms with Gasteiger partial charge in [-0.3, -0.25) is 9.79 Å². The van der Waals surface area contributed by atoms with Crippen molar-refractivity contribution >= 4 is 23.2 Å². The van der Waals surface area contributed by atoms with Crippen molar-refractivity contribution in [2.75, 3.05) is 13.2 Å². The van der Waals surface area contributed by atoms with Crippen LogP contribution in [0.25, 0.3) is 0 Å². The van der Waals surface area contributed by atoms with Crippen LogP contribution in [0.15, 0.2) is 4.99 Å². The quantitative estimate of drug-likeness (QED) is 0.353. The third-order valence-corrected chi connectivity index (χ3v) is 1.17. The van der Waals surface area contributed by atoms with E-state index in [1.807, 2.05) is 0 Å². The topological polar surface area (TPSA) is 32.7 Å². The molecule has 0 spiro atoms. The highest BCUT2D eigenvalue weighted by atomic mass is 35.5. The Hall–Kier alpha value is -0.570. The van der Waals surface area contributed by atoms with Gasteiger partial charge in [-0.05, 0) is 11.6 Å². The SMILES string of the molecule is O=C(Cl)N1CC=NC1. The number of halogens is 1. The molecule has 8 heavy (non-hydrogen) atoms. The molecule has 1 aliphatic heterocycles. The molecule has 1 aliphatic rings. The van der Waals surface area contributed by atoms with Gasteiger partial charge in [0.25, 0.3) is 0 Å². The maximum Gasteiger partial charge on any atom is 0.318 e. The molecule has 4 heteroatoms. The summed E-state index contributed by atoms with van der Waals surface area (Å²) in [5, 5.41) is -0.428. The van der Waals surface area contributed by atoms with E-state index in [9.17, 15) is 4.79 Å². The number of aliphatic imine (C=N–C) groups is 1. The van der Waals surface area contributed by atoms with Gasteiger partial charge >= 0.3 is 5.37 Å². The van der Waals surface area contributed by atoms with Gasteiger partial charge in [-0.2, -0.15) is 0 Å². The summed E-state index contributed by atoms with van der Waals surface area (Å²) in [4.78, 5) is 15.5. The minimum absolute atomic E-state index is 0.419. The molecule has 0 saturated carbocycles. The largest absolute Gasteiger partial charge is 0.318 e. The number of nitrogens with zero attached hydrogens (tertiary/aromatic N) is 2. The van der Waals surface area contributed by atoms with Crippen molar-refractivity contribution < 1.29 is 4.79 Å². The lowest BCUT2D eigenvalue weighted by molar-refractivity contribution is 0.233. The first-order chi connectivity index (χ1) is 3.80. The van der Waals surface area contributed by atoms with E-state index >= 15 is 0 Å². The van der Waals surface area contributed by atoms with Gasteiger partial charge < -0.3 is 4.90 Å². The highest BCUT2D eigenvalue weighted by Crippen LogP contribution is 1.98. The van der Waals surface area contributed by atoms with Gasteiger partial charge in [-0.15, -0.1) is 0 Å². The van der Waals surface area contributed by atoms with Gasteiger partial charge in [-0.25, -0.2) is 0 Å². The first-order valence-electron chi connectivity index (χ1n) is 2.23. The minimum atomic E-state index is -0.428. The van der Waals surface area contributed by atoms with Crippen molar-refractivity contribution in [2.45, 2.75) is 0 Å². The molecule has 0 aromatic carbocycles. The summed E-state index contributed by atoms with van der Waals surface area (Å²) in [6.07, 6.45) is 1.67. The summed E-state index contributed by atoms with van der Waals surface area (Å²) in [6.45, 7) is 0.977. The predicted molar refractivity (Wildman–Crippen MR) is 31.3 cm³/mol. The van der Waals surface area contributed by atoms with Crippen molar-refractivity contribution in [3.63, 3.8) is 0 Å². The van der Waals surface area contributed by atoms with Crippen molar-refractivity contribution in [2.24, 2.45) is 4.99 Å². The van der Waals surface area contributed by atoms with E-state index < -0.39 is 5.37 Å². The van der Waals surface area contributed by atoms with E-state index in [1.54, 1.807) is 6.21 Å². The third kappa shape index (κ3) is 0.980. The zero-order chi connectivity index (χ0) is 5.98. The van der Waals surface area contributed by atoms with E-state index in [-0.39, 0.29) is 0 Å². The monoisotopic (exact) mass is 132 g/mol. The molecular formula is C4H5ClN2O. The number of carbonyl (C=O) groups excluding carboxylic acids is 1. The lowest BCUT2D eigenvalue weighted by atomic mass is 10.7. The van der Waals surface area contributed by atoms with Gasteiger partial charge in [0.15, 0.2) is 0 Å². The Morgan fingerprint density at radius 2 is 2.62 bits per heavy atom. The smallest absolute Gasteiger partial charge is 0.304 e. The Labute approximate surface area is 51.9 Å². The Bertz CT molecular complexity index is 126. The molecular weight excluding hydrogens is 128 g/mol. The highest BCUT2D eigenvalue weighted by molar-refractivity contribution is 6.62. The molecule has 0 fully saturated rings. The van der Waals surface area contributed by atoms with E-state index in [4.69, 9.17) is 11.6 Å². The maximum absolute atomic E-state index is 10.3. The molecule has 0 aromatic heterocycles. The summed E-state index contributed by atoms with van der Waals surface area (Å²) < 4.78 is 0. The van der Waals surface area contributed by atoms with Gasteiger partial charge in [0.2, 0.25) is 0 Å². The minimum Gasteiger partial charge on any atom is -0.304 e. The van der Waals surface area contributed by atoms with Crippen LogP contribution in [0, 0.1) is 0 Å². The average molecular weight is 133 g/mol. The summed E-state index contributed by atoms with van der Waals surface area (Å²) >= 11 is 5.09. The Kier molecular flexibility index (Phi) is 1.48. The first-order valence-corrected chi connectivity index (χ1v) is 2.61. The number of carbonyl (C=O) groups is 1. The molecule has 0 aromatic rings. The van der Waals surface area contributed by atoms with E-state index in [0.717, 1.165) is 0 Å². The maximum atomic E-state index is 10.3. The van der Waals surface area contributed by atoms with Crippen LogP contribution < -0.4 is 0 Å². The number of rotatable bonds is 0. The third-order valence-electron chi connectivity index (χ3n) is 0.932. The molecule has 1 rings (SSSR count). The summed E-state index contributed by atoms with van der Waals surface area (Å²) in [7, 11) is 0. The standard InChI is InChI=1S/C4H5ClN2O/c5-4(8)7-2-1-6-3-7/h1H,2-3H2. The Morgan fingerprint density at radius 3 is 2.88 bits per heavy atom. The zero-order valence-electron chi connectivity index (χ0n) is 4.17.